The van der Waals surface area contributed by atoms with Gasteiger partial charge in [-0.05, 0) is 16.6 Å². The highest BCUT2D eigenvalue weighted by Gasteiger charge is 1.89. The van der Waals surface area contributed by atoms with Gasteiger partial charge in [0.05, 0.1) is 0 Å². The minimum Gasteiger partial charge on any atom is -0.0734 e. The Morgan fingerprint density at radius 3 is 3.25 bits per heavy atom. The molecule has 0 saturated carbocycles. The Bertz CT molecular complexity index is 130. The molecule has 0 aromatic rings. The van der Waals surface area contributed by atoms with Gasteiger partial charge in [-0.25, -0.2) is 0 Å². The van der Waals surface area contributed by atoms with Crippen molar-refractivity contribution in [3.05, 3.63) is 23.6 Å². The summed E-state index contributed by atoms with van der Waals surface area (Å²) in [6.07, 6.45) is 6.20. The molecule has 44 valence electrons. The minimum atomic E-state index is 0.119. The van der Waals surface area contributed by atoms with E-state index in [1.807, 2.05) is 12.2 Å². The van der Waals surface area contributed by atoms with Crippen molar-refractivity contribution < 1.29 is 0 Å². The molecule has 1 aliphatic heterocycles. The molecule has 0 N–H and O–H groups in total. The van der Waals surface area contributed by atoms with Crippen LogP contribution in [-0.2, 0) is 19.7 Å². The summed E-state index contributed by atoms with van der Waals surface area (Å²) in [5.74, 6) is 1.05. The fourth-order valence-corrected chi connectivity index (χ4v) is 2.70. The van der Waals surface area contributed by atoms with E-state index in [1.54, 1.807) is 10.8 Å². The smallest absolute Gasteiger partial charge is 0.0264 e. The Balaban J connectivity index is 2.58. The molecule has 0 nitrogen and oxygen atoms in total. The molecule has 1 atom stereocenters. The molecule has 0 radical (unpaired) electrons. The van der Waals surface area contributed by atoms with Gasteiger partial charge in [0.25, 0.3) is 0 Å². The van der Waals surface area contributed by atoms with E-state index in [0.717, 1.165) is 5.75 Å². The van der Waals surface area contributed by atoms with Crippen LogP contribution >= 0.6 is 10.8 Å². The molecule has 0 saturated heterocycles. The van der Waals surface area contributed by atoms with Crippen LogP contribution in [-0.4, -0.2) is 5.75 Å². The summed E-state index contributed by atoms with van der Waals surface area (Å²) in [6, 6.07) is 0. The van der Waals surface area contributed by atoms with Gasteiger partial charge in [0, 0.05) is 5.75 Å². The third-order valence-corrected chi connectivity index (χ3v) is 4.17. The first-order chi connectivity index (χ1) is 3.89. The summed E-state index contributed by atoms with van der Waals surface area (Å²) in [4.78, 5) is 0. The highest BCUT2D eigenvalue weighted by Crippen LogP contribution is 2.12. The maximum atomic E-state index is 5.06. The van der Waals surface area contributed by atoms with Gasteiger partial charge in [0.15, 0.2) is 0 Å². The van der Waals surface area contributed by atoms with Crippen LogP contribution in [0.3, 0.4) is 0 Å². The second kappa shape index (κ2) is 3.43. The van der Waals surface area contributed by atoms with Crippen molar-refractivity contribution in [3.8, 4) is 0 Å². The van der Waals surface area contributed by atoms with Crippen molar-refractivity contribution in [2.45, 2.75) is 0 Å². The zero-order valence-corrected chi connectivity index (χ0v) is 6.69. The molecular formula is C5H6S3. The fourth-order valence-electron chi connectivity index (χ4n) is 0.391. The molecule has 8 heavy (non-hydrogen) atoms. The van der Waals surface area contributed by atoms with Gasteiger partial charge in [0.1, 0.15) is 0 Å². The summed E-state index contributed by atoms with van der Waals surface area (Å²) < 4.78 is 0. The number of allylic oxidation sites excluding steroid dienone is 2. The van der Waals surface area contributed by atoms with E-state index in [4.69, 9.17) is 11.2 Å². The monoisotopic (exact) mass is 162 g/mol. The van der Waals surface area contributed by atoms with Gasteiger partial charge in [-0.1, -0.05) is 37.5 Å². The predicted molar refractivity (Wildman–Crippen MR) is 45.5 cm³/mol. The topological polar surface area (TPSA) is 0 Å². The molecule has 1 unspecified atom stereocenters. The highest BCUT2D eigenvalue weighted by molar-refractivity contribution is 8.83. The summed E-state index contributed by atoms with van der Waals surface area (Å²) in [5, 5.41) is 2.06. The average molecular weight is 162 g/mol. The second-order valence-electron chi connectivity index (χ2n) is 1.32. The van der Waals surface area contributed by atoms with Crippen molar-refractivity contribution in [1.29, 1.82) is 0 Å². The van der Waals surface area contributed by atoms with Crippen LogP contribution in [0.2, 0.25) is 0 Å². The lowest BCUT2D eigenvalue weighted by molar-refractivity contribution is 1.78. The lowest BCUT2D eigenvalue weighted by atomic mass is 10.5. The first-order valence-electron chi connectivity index (χ1n) is 2.27. The van der Waals surface area contributed by atoms with Gasteiger partial charge < -0.3 is 0 Å². The largest absolute Gasteiger partial charge is 0.0734 e. The van der Waals surface area contributed by atoms with E-state index >= 15 is 0 Å². The maximum absolute atomic E-state index is 5.06. The quantitative estimate of drug-likeness (QED) is 0.498. The SMILES string of the molecule is S=S1CC=CC=CS1. The third kappa shape index (κ3) is 2.11. The Morgan fingerprint density at radius 1 is 1.50 bits per heavy atom. The zero-order valence-electron chi connectivity index (χ0n) is 4.24. The molecule has 1 heterocycles. The third-order valence-electron chi connectivity index (χ3n) is 0.721. The van der Waals surface area contributed by atoms with Crippen molar-refractivity contribution in [1.82, 2.24) is 0 Å². The van der Waals surface area contributed by atoms with Crippen LogP contribution in [0.15, 0.2) is 23.6 Å². The van der Waals surface area contributed by atoms with Crippen LogP contribution < -0.4 is 0 Å². The van der Waals surface area contributed by atoms with Crippen LogP contribution in [0.25, 0.3) is 0 Å². The Morgan fingerprint density at radius 2 is 2.38 bits per heavy atom. The van der Waals surface area contributed by atoms with Gasteiger partial charge in [-0.3, -0.25) is 0 Å². The van der Waals surface area contributed by atoms with E-state index in [2.05, 4.69) is 11.5 Å². The Labute approximate surface area is 60.0 Å². The molecule has 0 bridgehead atoms. The lowest BCUT2D eigenvalue weighted by Gasteiger charge is -1.89. The van der Waals surface area contributed by atoms with E-state index in [0.29, 0.717) is 0 Å². The van der Waals surface area contributed by atoms with E-state index in [9.17, 15) is 0 Å². The zero-order chi connectivity index (χ0) is 5.82. The first-order valence-corrected chi connectivity index (χ1v) is 5.98. The lowest BCUT2D eigenvalue weighted by Crippen LogP contribution is -1.80. The van der Waals surface area contributed by atoms with Crippen LogP contribution in [0.4, 0.5) is 0 Å². The van der Waals surface area contributed by atoms with Crippen LogP contribution in [0.1, 0.15) is 0 Å². The number of hydrogen-bond acceptors (Lipinski definition) is 2. The van der Waals surface area contributed by atoms with Gasteiger partial charge in [-0.15, -0.1) is 0 Å². The normalized spacial score (nSPS) is 27.8. The number of hydrogen-bond donors (Lipinski definition) is 0. The van der Waals surface area contributed by atoms with Gasteiger partial charge in [-0.2, -0.15) is 0 Å². The molecule has 0 aliphatic carbocycles. The van der Waals surface area contributed by atoms with Crippen molar-refractivity contribution in [2.75, 3.05) is 5.75 Å². The predicted octanol–water partition coefficient (Wildman–Crippen LogP) is 1.80. The van der Waals surface area contributed by atoms with Crippen molar-refractivity contribution in [2.24, 2.45) is 0 Å². The van der Waals surface area contributed by atoms with E-state index in [1.165, 1.54) is 0 Å². The maximum Gasteiger partial charge on any atom is 0.0264 e. The van der Waals surface area contributed by atoms with E-state index < -0.39 is 0 Å². The molecule has 0 amide bonds. The molecule has 0 spiro atoms. The Hall–Kier alpha value is 0.400. The fraction of sp³-hybridized carbons (Fsp3) is 0.200. The summed E-state index contributed by atoms with van der Waals surface area (Å²) in [5.41, 5.74) is 0. The van der Waals surface area contributed by atoms with Gasteiger partial charge in [0.2, 0.25) is 0 Å². The standard InChI is InChI=1S/C5H6S3/c6-8-5-3-1-2-4-7-8/h1-4H,5H2. The molecule has 3 heteroatoms. The van der Waals surface area contributed by atoms with E-state index in [-0.39, 0.29) is 8.49 Å². The first kappa shape index (κ1) is 6.52. The van der Waals surface area contributed by atoms with Crippen LogP contribution in [0.5, 0.6) is 0 Å². The van der Waals surface area contributed by atoms with Crippen molar-refractivity contribution >= 4 is 30.5 Å². The van der Waals surface area contributed by atoms with Gasteiger partial charge >= 0.3 is 0 Å². The van der Waals surface area contributed by atoms with Crippen molar-refractivity contribution in [3.63, 3.8) is 0 Å². The molecular weight excluding hydrogens is 156 g/mol. The summed E-state index contributed by atoms with van der Waals surface area (Å²) in [6.45, 7) is 0. The molecule has 0 aromatic carbocycles. The van der Waals surface area contributed by atoms with Crippen LogP contribution in [0, 0.1) is 0 Å². The summed E-state index contributed by atoms with van der Waals surface area (Å²) >= 11 is 5.06. The molecule has 1 aliphatic rings. The number of rotatable bonds is 0. The molecule has 1 rings (SSSR count). The Kier molecular flexibility index (Phi) is 2.80. The average Bonchev–Trinajstić information content (AvgIpc) is 1.94. The highest BCUT2D eigenvalue weighted by atomic mass is 33.3. The minimum absolute atomic E-state index is 0.119. The molecule has 0 fully saturated rings. The molecule has 0 aromatic heterocycles. The summed E-state index contributed by atoms with van der Waals surface area (Å²) in [7, 11) is 1.86. The second-order valence-corrected chi connectivity index (χ2v) is 6.35.